The van der Waals surface area contributed by atoms with Crippen LogP contribution in [0.5, 0.6) is 0 Å². The van der Waals surface area contributed by atoms with Crippen LogP contribution in [0.15, 0.2) is 73.3 Å². The number of aromatic amines is 1. The number of H-pyrrole nitrogens is 1. The Labute approximate surface area is 174 Å². The summed E-state index contributed by atoms with van der Waals surface area (Å²) in [6.45, 7) is 1.81. The number of hydrogen-bond acceptors (Lipinski definition) is 4. The second kappa shape index (κ2) is 8.02. The molecule has 0 unspecified atom stereocenters. The van der Waals surface area contributed by atoms with E-state index in [1.54, 1.807) is 42.7 Å². The van der Waals surface area contributed by atoms with Crippen molar-refractivity contribution in [1.29, 1.82) is 5.26 Å². The van der Waals surface area contributed by atoms with Crippen molar-refractivity contribution in [3.8, 4) is 28.3 Å². The van der Waals surface area contributed by atoms with Crippen molar-refractivity contribution in [3.63, 3.8) is 0 Å². The van der Waals surface area contributed by atoms with Crippen LogP contribution in [0.25, 0.3) is 33.3 Å². The van der Waals surface area contributed by atoms with Crippen LogP contribution in [0, 0.1) is 11.3 Å². The minimum Gasteiger partial charge on any atom is -0.346 e. The number of amides is 1. The Morgan fingerprint density at radius 2 is 1.97 bits per heavy atom. The van der Waals surface area contributed by atoms with Crippen molar-refractivity contribution in [2.45, 2.75) is 6.92 Å². The van der Waals surface area contributed by atoms with Crippen molar-refractivity contribution in [3.05, 3.63) is 78.9 Å². The van der Waals surface area contributed by atoms with E-state index in [0.717, 1.165) is 33.3 Å². The van der Waals surface area contributed by atoms with Crippen molar-refractivity contribution >= 4 is 22.6 Å². The maximum absolute atomic E-state index is 12.2. The summed E-state index contributed by atoms with van der Waals surface area (Å²) in [5.41, 5.74) is 5.74. The molecule has 0 bridgehead atoms. The first-order valence-corrected chi connectivity index (χ1v) is 9.44. The van der Waals surface area contributed by atoms with E-state index >= 15 is 0 Å². The average molecular weight is 393 g/mol. The second-order valence-electron chi connectivity index (χ2n) is 6.84. The van der Waals surface area contributed by atoms with E-state index in [1.807, 2.05) is 43.5 Å². The third-order valence-corrected chi connectivity index (χ3v) is 4.92. The summed E-state index contributed by atoms with van der Waals surface area (Å²) >= 11 is 0. The van der Waals surface area contributed by atoms with E-state index in [0.29, 0.717) is 11.3 Å². The Morgan fingerprint density at radius 3 is 2.77 bits per heavy atom. The predicted octanol–water partition coefficient (Wildman–Crippen LogP) is 4.70. The monoisotopic (exact) mass is 393 g/mol. The number of nitrogens with zero attached hydrogens (tertiary/aromatic N) is 4. The molecule has 1 N–H and O–H groups in total. The zero-order valence-electron chi connectivity index (χ0n) is 16.6. The number of nitrogens with one attached hydrogen (secondary N) is 1. The van der Waals surface area contributed by atoms with Crippen molar-refractivity contribution in [2.75, 3.05) is 11.9 Å². The fourth-order valence-corrected chi connectivity index (χ4v) is 3.31. The Bertz CT molecular complexity index is 1310. The lowest BCUT2D eigenvalue weighted by Gasteiger charge is -2.15. The first kappa shape index (κ1) is 19.1. The summed E-state index contributed by atoms with van der Waals surface area (Å²) in [6.07, 6.45) is 10.3. The molecule has 6 heteroatoms. The molecule has 30 heavy (non-hydrogen) atoms. The van der Waals surface area contributed by atoms with E-state index in [-0.39, 0.29) is 5.91 Å². The van der Waals surface area contributed by atoms with Gasteiger partial charge in [-0.3, -0.25) is 9.78 Å². The quantitative estimate of drug-likeness (QED) is 0.509. The van der Waals surface area contributed by atoms with Crippen LogP contribution in [0.4, 0.5) is 5.69 Å². The largest absolute Gasteiger partial charge is 0.346 e. The molecule has 4 aromatic rings. The number of likely N-dealkylation sites (N-methyl/N-ethyl adjacent to an activating group) is 1. The van der Waals surface area contributed by atoms with Gasteiger partial charge in [0, 0.05) is 47.7 Å². The molecular formula is C24H19N5O. The van der Waals surface area contributed by atoms with Gasteiger partial charge >= 0.3 is 0 Å². The van der Waals surface area contributed by atoms with Gasteiger partial charge in [0.15, 0.2) is 0 Å². The number of allylic oxidation sites excluding steroid dienone is 1. The molecule has 1 amide bonds. The highest BCUT2D eigenvalue weighted by molar-refractivity contribution is 6.01. The number of rotatable bonds is 4. The van der Waals surface area contributed by atoms with Crippen LogP contribution >= 0.6 is 0 Å². The Hall–Kier alpha value is -4.24. The normalized spacial score (nSPS) is 11.0. The lowest BCUT2D eigenvalue weighted by molar-refractivity contribution is -0.113. The Balaban J connectivity index is 1.77. The summed E-state index contributed by atoms with van der Waals surface area (Å²) in [7, 11) is 1.72. The SMILES string of the molecule is C/C=C/C(=O)N(C)c1cncc(-c2cnc3[nH]cc(-c4cccc(C#N)c4)c3c2)c1. The number of anilines is 1. The molecule has 0 aliphatic heterocycles. The van der Waals surface area contributed by atoms with Gasteiger partial charge in [0.25, 0.3) is 0 Å². The van der Waals surface area contributed by atoms with Gasteiger partial charge in [-0.25, -0.2) is 4.98 Å². The number of hydrogen-bond donors (Lipinski definition) is 1. The number of fused-ring (bicyclic) bond motifs is 1. The number of carbonyl (C=O) groups is 1. The van der Waals surface area contributed by atoms with Crippen LogP contribution in [-0.4, -0.2) is 27.9 Å². The number of carbonyl (C=O) groups excluding carboxylic acids is 1. The maximum atomic E-state index is 12.2. The number of pyridine rings is 2. The first-order valence-electron chi connectivity index (χ1n) is 9.44. The summed E-state index contributed by atoms with van der Waals surface area (Å²) in [4.78, 5) is 25.8. The van der Waals surface area contributed by atoms with Crippen LogP contribution in [0.1, 0.15) is 12.5 Å². The minimum atomic E-state index is -0.115. The van der Waals surface area contributed by atoms with Crippen molar-refractivity contribution in [2.24, 2.45) is 0 Å². The van der Waals surface area contributed by atoms with Gasteiger partial charge in [-0.15, -0.1) is 0 Å². The van der Waals surface area contributed by atoms with E-state index in [9.17, 15) is 10.1 Å². The van der Waals surface area contributed by atoms with E-state index in [1.165, 1.54) is 6.08 Å². The molecule has 0 saturated carbocycles. The van der Waals surface area contributed by atoms with Crippen LogP contribution in [0.2, 0.25) is 0 Å². The summed E-state index contributed by atoms with van der Waals surface area (Å²) in [5, 5.41) is 10.2. The average Bonchev–Trinajstić information content (AvgIpc) is 3.22. The molecule has 0 spiro atoms. The Morgan fingerprint density at radius 1 is 1.13 bits per heavy atom. The van der Waals surface area contributed by atoms with E-state index < -0.39 is 0 Å². The smallest absolute Gasteiger partial charge is 0.250 e. The molecule has 0 aliphatic rings. The predicted molar refractivity (Wildman–Crippen MR) is 118 cm³/mol. The van der Waals surface area contributed by atoms with Gasteiger partial charge in [-0.2, -0.15) is 5.26 Å². The third-order valence-electron chi connectivity index (χ3n) is 4.92. The number of benzene rings is 1. The van der Waals surface area contributed by atoms with Gasteiger partial charge in [0.05, 0.1) is 23.5 Å². The summed E-state index contributed by atoms with van der Waals surface area (Å²) in [5.74, 6) is -0.115. The molecular weight excluding hydrogens is 374 g/mol. The van der Waals surface area contributed by atoms with Crippen molar-refractivity contribution in [1.82, 2.24) is 15.0 Å². The highest BCUT2D eigenvalue weighted by Gasteiger charge is 2.12. The fraction of sp³-hybridized carbons (Fsp3) is 0.0833. The topological polar surface area (TPSA) is 85.7 Å². The Kier molecular flexibility index (Phi) is 5.10. The molecule has 0 aliphatic carbocycles. The first-order chi connectivity index (χ1) is 14.6. The van der Waals surface area contributed by atoms with E-state index in [2.05, 4.69) is 21.0 Å². The van der Waals surface area contributed by atoms with E-state index in [4.69, 9.17) is 0 Å². The van der Waals surface area contributed by atoms with Gasteiger partial charge < -0.3 is 9.88 Å². The third kappa shape index (κ3) is 3.56. The standard InChI is InChI=1S/C24H19N5O/c1-3-5-23(30)29(2)20-9-18(12-26-14-20)19-10-21-22(15-28-24(21)27-13-19)17-7-4-6-16(8-17)11-25/h3-10,12-15H,1-2H3,(H,27,28)/b5-3+. The maximum Gasteiger partial charge on any atom is 0.250 e. The van der Waals surface area contributed by atoms with Crippen molar-refractivity contribution < 1.29 is 4.79 Å². The number of aromatic nitrogens is 3. The van der Waals surface area contributed by atoms with Crippen LogP contribution in [0.3, 0.4) is 0 Å². The molecule has 3 heterocycles. The molecule has 0 saturated heterocycles. The summed E-state index contributed by atoms with van der Waals surface area (Å²) in [6, 6.07) is 13.6. The molecule has 0 atom stereocenters. The van der Waals surface area contributed by atoms with Gasteiger partial charge in [-0.05, 0) is 42.8 Å². The molecule has 146 valence electrons. The highest BCUT2D eigenvalue weighted by atomic mass is 16.2. The van der Waals surface area contributed by atoms with Crippen LogP contribution < -0.4 is 4.90 Å². The summed E-state index contributed by atoms with van der Waals surface area (Å²) < 4.78 is 0. The lowest BCUT2D eigenvalue weighted by atomic mass is 10.0. The van der Waals surface area contributed by atoms with Crippen LogP contribution in [-0.2, 0) is 4.79 Å². The molecule has 0 fully saturated rings. The molecule has 0 radical (unpaired) electrons. The number of nitriles is 1. The fourth-order valence-electron chi connectivity index (χ4n) is 3.31. The molecule has 4 rings (SSSR count). The van der Waals surface area contributed by atoms with Gasteiger partial charge in [-0.1, -0.05) is 18.2 Å². The highest BCUT2D eigenvalue weighted by Crippen LogP contribution is 2.32. The minimum absolute atomic E-state index is 0.115. The molecule has 3 aromatic heterocycles. The zero-order chi connectivity index (χ0) is 21.1. The zero-order valence-corrected chi connectivity index (χ0v) is 16.6. The molecule has 6 nitrogen and oxygen atoms in total. The van der Waals surface area contributed by atoms with Gasteiger partial charge in [0.1, 0.15) is 5.65 Å². The van der Waals surface area contributed by atoms with Gasteiger partial charge in [0.2, 0.25) is 5.91 Å². The lowest BCUT2D eigenvalue weighted by Crippen LogP contribution is -2.24. The molecule has 1 aromatic carbocycles. The second-order valence-corrected chi connectivity index (χ2v) is 6.84.